The Morgan fingerprint density at radius 2 is 1.47 bits per heavy atom. The number of aliphatic hydroxyl groups is 3. The molecule has 0 radical (unpaired) electrons. The average molecular weight is 805 g/mol. The molecule has 3 N–H and O–H groups in total. The number of fused-ring (bicyclic) bond motifs is 3. The molecule has 0 aromatic heterocycles. The molecule has 17 heteroatoms. The number of epoxide rings is 1. The number of ether oxygens (including phenoxy) is 10. The van der Waals surface area contributed by atoms with Gasteiger partial charge in [-0.1, -0.05) is 37.3 Å². The second kappa shape index (κ2) is 16.6. The maximum absolute atomic E-state index is 13.9. The maximum Gasteiger partial charge on any atom is 0.331 e. The van der Waals surface area contributed by atoms with E-state index in [1.807, 2.05) is 37.3 Å². The summed E-state index contributed by atoms with van der Waals surface area (Å²) in [6, 6.07) is 9.42. The lowest BCUT2D eigenvalue weighted by Gasteiger charge is -2.46. The van der Waals surface area contributed by atoms with Gasteiger partial charge in [-0.3, -0.25) is 14.4 Å². The smallest absolute Gasteiger partial charge is 0.331 e. The van der Waals surface area contributed by atoms with Gasteiger partial charge in [0.1, 0.15) is 24.4 Å². The summed E-state index contributed by atoms with van der Waals surface area (Å²) in [7, 11) is 0. The van der Waals surface area contributed by atoms with E-state index < -0.39 is 115 Å². The Hall–Kier alpha value is -3.52. The third-order valence-corrected chi connectivity index (χ3v) is 12.0. The van der Waals surface area contributed by atoms with E-state index in [-0.39, 0.29) is 31.3 Å². The van der Waals surface area contributed by atoms with Crippen LogP contribution < -0.4 is 0 Å². The van der Waals surface area contributed by atoms with Crippen molar-refractivity contribution in [2.45, 2.75) is 145 Å². The van der Waals surface area contributed by atoms with Crippen molar-refractivity contribution in [1.29, 1.82) is 0 Å². The molecule has 1 aromatic rings. The molecular formula is C40H52O17. The minimum atomic E-state index is -1.73. The molecule has 7 rings (SSSR count). The molecule has 1 saturated carbocycles. The summed E-state index contributed by atoms with van der Waals surface area (Å²) in [6.45, 7) is 7.86. The first-order valence-corrected chi connectivity index (χ1v) is 19.6. The third kappa shape index (κ3) is 8.36. The van der Waals surface area contributed by atoms with E-state index in [1.165, 1.54) is 19.9 Å². The number of rotatable bonds is 9. The highest BCUT2D eigenvalue weighted by molar-refractivity contribution is 5.87. The van der Waals surface area contributed by atoms with Crippen molar-refractivity contribution in [2.75, 3.05) is 13.2 Å². The summed E-state index contributed by atoms with van der Waals surface area (Å²) in [5.41, 5.74) is 0.105. The van der Waals surface area contributed by atoms with Crippen LogP contribution in [0.3, 0.4) is 0 Å². The highest BCUT2D eigenvalue weighted by atomic mass is 16.8. The van der Waals surface area contributed by atoms with Crippen LogP contribution >= 0.6 is 0 Å². The van der Waals surface area contributed by atoms with Crippen molar-refractivity contribution in [3.8, 4) is 0 Å². The molecule has 6 aliphatic rings. The Balaban J connectivity index is 1.03. The Labute approximate surface area is 329 Å². The molecule has 0 amide bonds. The molecule has 0 unspecified atom stereocenters. The predicted octanol–water partition coefficient (Wildman–Crippen LogP) is 1.31. The molecule has 314 valence electrons. The second-order valence-electron chi connectivity index (χ2n) is 16.0. The van der Waals surface area contributed by atoms with Gasteiger partial charge in [0, 0.05) is 38.2 Å². The monoisotopic (exact) mass is 804 g/mol. The molecule has 2 spiro atoms. The van der Waals surface area contributed by atoms with Gasteiger partial charge in [0.25, 0.3) is 0 Å². The first kappa shape index (κ1) is 41.6. The molecule has 17 nitrogen and oxygen atoms in total. The fraction of sp³-hybridized carbons (Fsp3) is 0.700. The van der Waals surface area contributed by atoms with Crippen LogP contribution in [0.2, 0.25) is 0 Å². The number of carbonyl (C=O) groups is 4. The van der Waals surface area contributed by atoms with Gasteiger partial charge in [0.2, 0.25) is 12.1 Å². The largest absolute Gasteiger partial charge is 0.459 e. The second-order valence-corrected chi connectivity index (χ2v) is 16.0. The molecule has 5 heterocycles. The van der Waals surface area contributed by atoms with Crippen molar-refractivity contribution in [1.82, 2.24) is 0 Å². The van der Waals surface area contributed by atoms with Crippen molar-refractivity contribution in [2.24, 2.45) is 17.8 Å². The van der Waals surface area contributed by atoms with Crippen molar-refractivity contribution in [3.05, 3.63) is 42.0 Å². The maximum atomic E-state index is 13.9. The number of esters is 4. The van der Waals surface area contributed by atoms with Gasteiger partial charge in [-0.25, -0.2) is 4.79 Å². The van der Waals surface area contributed by atoms with E-state index in [9.17, 15) is 34.5 Å². The lowest BCUT2D eigenvalue weighted by atomic mass is 9.72. The fourth-order valence-corrected chi connectivity index (χ4v) is 8.89. The van der Waals surface area contributed by atoms with Crippen LogP contribution in [0.1, 0.15) is 65.9 Å². The van der Waals surface area contributed by atoms with E-state index >= 15 is 0 Å². The molecule has 17 atom stereocenters. The van der Waals surface area contributed by atoms with Crippen LogP contribution in [-0.2, 0) is 66.5 Å². The lowest BCUT2D eigenvalue weighted by Crippen LogP contribution is -2.64. The Kier molecular flexibility index (Phi) is 12.1. The number of hydrogen-bond donors (Lipinski definition) is 3. The van der Waals surface area contributed by atoms with Crippen LogP contribution in [0, 0.1) is 17.8 Å². The van der Waals surface area contributed by atoms with E-state index in [1.54, 1.807) is 6.08 Å². The average Bonchev–Trinajstić information content (AvgIpc) is 3.94. The highest BCUT2D eigenvalue weighted by Crippen LogP contribution is 2.62. The van der Waals surface area contributed by atoms with Crippen molar-refractivity contribution >= 4 is 30.0 Å². The van der Waals surface area contributed by atoms with Gasteiger partial charge < -0.3 is 62.7 Å². The van der Waals surface area contributed by atoms with Gasteiger partial charge >= 0.3 is 23.9 Å². The first-order chi connectivity index (χ1) is 27.1. The van der Waals surface area contributed by atoms with Crippen LogP contribution in [0.5, 0.6) is 0 Å². The number of aliphatic hydroxyl groups excluding tert-OH is 3. The number of hydrogen-bond acceptors (Lipinski definition) is 17. The van der Waals surface area contributed by atoms with Crippen LogP contribution in [0.4, 0.5) is 0 Å². The zero-order chi connectivity index (χ0) is 40.8. The summed E-state index contributed by atoms with van der Waals surface area (Å²) in [5.74, 6) is -4.72. The molecule has 1 aromatic carbocycles. The molecule has 6 fully saturated rings. The summed E-state index contributed by atoms with van der Waals surface area (Å²) in [6.07, 6.45) is -10.6. The predicted molar refractivity (Wildman–Crippen MR) is 191 cm³/mol. The van der Waals surface area contributed by atoms with Crippen LogP contribution in [-0.4, -0.2) is 137 Å². The minimum Gasteiger partial charge on any atom is -0.459 e. The first-order valence-electron chi connectivity index (χ1n) is 19.6. The summed E-state index contributed by atoms with van der Waals surface area (Å²) < 4.78 is 59.2. The Morgan fingerprint density at radius 1 is 0.789 bits per heavy atom. The molecular weight excluding hydrogens is 752 g/mol. The van der Waals surface area contributed by atoms with E-state index in [2.05, 4.69) is 0 Å². The van der Waals surface area contributed by atoms with Crippen molar-refractivity contribution < 1.29 is 81.9 Å². The van der Waals surface area contributed by atoms with Gasteiger partial charge in [-0.2, -0.15) is 0 Å². The summed E-state index contributed by atoms with van der Waals surface area (Å²) >= 11 is 0. The SMILES string of the molecule is CC(=O)O[C@@H]1[C@@H](O)[C@H](O[C@H]2[C@H](OC(=O)[C@@H]3CC[C@@H]4[C@H](C3)O[C@@]3(C[C@@H](OC(=O)/C=C/c5ccccc5)[C@@H](C)CO3)[C@@]43CO3)O[C@H](C)[C@@H](OC(C)=O)[C@@H]2O)O[C@H](C)[C@H]1O. The molecule has 1 aliphatic carbocycles. The highest BCUT2D eigenvalue weighted by Gasteiger charge is 2.76. The van der Waals surface area contributed by atoms with Crippen LogP contribution in [0.15, 0.2) is 36.4 Å². The molecule has 57 heavy (non-hydrogen) atoms. The van der Waals surface area contributed by atoms with E-state index in [0.29, 0.717) is 19.4 Å². The Morgan fingerprint density at radius 3 is 2.16 bits per heavy atom. The quantitative estimate of drug-likeness (QED) is 0.139. The van der Waals surface area contributed by atoms with Crippen molar-refractivity contribution in [3.63, 3.8) is 0 Å². The van der Waals surface area contributed by atoms with E-state index in [0.717, 1.165) is 19.4 Å². The van der Waals surface area contributed by atoms with Gasteiger partial charge in [-0.05, 0) is 44.7 Å². The zero-order valence-corrected chi connectivity index (χ0v) is 32.5. The van der Waals surface area contributed by atoms with Gasteiger partial charge in [0.15, 0.2) is 30.2 Å². The molecule has 5 saturated heterocycles. The standard InChI is InChI=1S/C40H52O17/c1-19-17-48-40(16-28(19)54-29(43)14-11-24-9-7-6-8-10-24)39(18-49-39)26-13-12-25(15-27(26)57-40)36(47)56-38-35(31(45)33(21(3)51-38)52-22(4)41)55-37-32(46)34(53-23(5)42)30(44)20(2)50-37/h6-11,14,19-21,25-28,30-35,37-38,44-46H,12-13,15-18H2,1-5H3/b14-11+/t19-,20+,21+,25+,26+,27-,28+,30+,31-,32+,33+,34-,35+,37-,38-,39+,40-/m0/s1. The normalized spacial score (nSPS) is 44.0. The summed E-state index contributed by atoms with van der Waals surface area (Å²) in [5, 5.41) is 33.1. The van der Waals surface area contributed by atoms with E-state index in [4.69, 9.17) is 47.4 Å². The van der Waals surface area contributed by atoms with Gasteiger partial charge in [0.05, 0.1) is 37.4 Å². The fourth-order valence-electron chi connectivity index (χ4n) is 8.89. The van der Waals surface area contributed by atoms with Crippen LogP contribution in [0.25, 0.3) is 6.08 Å². The summed E-state index contributed by atoms with van der Waals surface area (Å²) in [4.78, 5) is 50.5. The molecule has 0 bridgehead atoms. The number of benzene rings is 1. The molecule has 5 aliphatic heterocycles. The topological polar surface area (TPSA) is 225 Å². The van der Waals surface area contributed by atoms with Gasteiger partial charge in [-0.15, -0.1) is 0 Å². The third-order valence-electron chi connectivity index (χ3n) is 12.0. The minimum absolute atomic E-state index is 0.106. The zero-order valence-electron chi connectivity index (χ0n) is 32.5. The number of carbonyl (C=O) groups excluding carboxylic acids is 4. The lowest BCUT2D eigenvalue weighted by molar-refractivity contribution is -0.358. The Bertz CT molecular complexity index is 1670.